The molecule has 2 aromatic rings. The van der Waals surface area contributed by atoms with Gasteiger partial charge >= 0.3 is 0 Å². The van der Waals surface area contributed by atoms with E-state index in [4.69, 9.17) is 9.47 Å². The van der Waals surface area contributed by atoms with E-state index in [1.807, 2.05) is 36.1 Å². The number of nitrogens with one attached hydrogen (secondary N) is 1. The van der Waals surface area contributed by atoms with Gasteiger partial charge < -0.3 is 19.7 Å². The van der Waals surface area contributed by atoms with E-state index in [1.165, 1.54) is 0 Å². The van der Waals surface area contributed by atoms with Crippen LogP contribution in [0.1, 0.15) is 35.7 Å². The van der Waals surface area contributed by atoms with Crippen LogP contribution in [0.4, 0.5) is 0 Å². The van der Waals surface area contributed by atoms with Crippen molar-refractivity contribution < 1.29 is 19.1 Å². The van der Waals surface area contributed by atoms with Crippen LogP contribution in [0.3, 0.4) is 0 Å². The van der Waals surface area contributed by atoms with Crippen molar-refractivity contribution in [1.82, 2.24) is 10.2 Å². The first-order valence-corrected chi connectivity index (χ1v) is 9.80. The number of carbonyl (C=O) groups excluding carboxylic acids is 2. The Balaban J connectivity index is 1.53. The van der Waals surface area contributed by atoms with Crippen LogP contribution in [0.15, 0.2) is 48.5 Å². The summed E-state index contributed by atoms with van der Waals surface area (Å²) in [6.07, 6.45) is 1.28. The number of amides is 2. The van der Waals surface area contributed by atoms with E-state index in [9.17, 15) is 9.59 Å². The first kappa shape index (κ1) is 20.7. The van der Waals surface area contributed by atoms with E-state index < -0.39 is 5.41 Å². The summed E-state index contributed by atoms with van der Waals surface area (Å²) in [5.74, 6) is 1.54. The topological polar surface area (TPSA) is 67.9 Å². The largest absolute Gasteiger partial charge is 0.497 e. The second-order valence-electron chi connectivity index (χ2n) is 7.61. The molecule has 2 aromatic carbocycles. The van der Waals surface area contributed by atoms with Gasteiger partial charge in [-0.2, -0.15) is 0 Å². The van der Waals surface area contributed by atoms with Gasteiger partial charge in [0.25, 0.3) is 5.91 Å². The molecule has 0 saturated carbocycles. The third-order valence-corrected chi connectivity index (χ3v) is 5.65. The fraction of sp³-hybridized carbons (Fsp3) is 0.391. The molecule has 1 fully saturated rings. The number of methoxy groups -OCH3 is 2. The second-order valence-corrected chi connectivity index (χ2v) is 7.61. The summed E-state index contributed by atoms with van der Waals surface area (Å²) in [7, 11) is 3.23. The highest BCUT2D eigenvalue weighted by atomic mass is 16.5. The minimum absolute atomic E-state index is 0.00616. The Morgan fingerprint density at radius 2 is 1.45 bits per heavy atom. The fourth-order valence-corrected chi connectivity index (χ4v) is 3.49. The summed E-state index contributed by atoms with van der Waals surface area (Å²) in [5, 5.41) is 3.04. The van der Waals surface area contributed by atoms with E-state index in [1.54, 1.807) is 38.5 Å². The van der Waals surface area contributed by atoms with Gasteiger partial charge in [-0.15, -0.1) is 0 Å². The zero-order valence-corrected chi connectivity index (χ0v) is 17.2. The van der Waals surface area contributed by atoms with Gasteiger partial charge in [0.15, 0.2) is 0 Å². The lowest BCUT2D eigenvalue weighted by Crippen LogP contribution is -2.48. The summed E-state index contributed by atoms with van der Waals surface area (Å²) in [6.45, 7) is 3.59. The molecule has 0 aliphatic carbocycles. The van der Waals surface area contributed by atoms with Crippen LogP contribution in [0.2, 0.25) is 0 Å². The highest BCUT2D eigenvalue weighted by molar-refractivity contribution is 5.94. The van der Waals surface area contributed by atoms with E-state index >= 15 is 0 Å². The van der Waals surface area contributed by atoms with Crippen LogP contribution in [0, 0.1) is 5.41 Å². The van der Waals surface area contributed by atoms with Crippen LogP contribution >= 0.6 is 0 Å². The number of ether oxygens (including phenoxy) is 2. The highest BCUT2D eigenvalue weighted by Gasteiger charge is 2.38. The molecule has 29 heavy (non-hydrogen) atoms. The number of nitrogens with zero attached hydrogens (tertiary/aromatic N) is 1. The van der Waals surface area contributed by atoms with Crippen molar-refractivity contribution in [2.24, 2.45) is 5.41 Å². The first-order chi connectivity index (χ1) is 13.9. The van der Waals surface area contributed by atoms with Crippen molar-refractivity contribution in [2.45, 2.75) is 26.3 Å². The first-order valence-electron chi connectivity index (χ1n) is 9.80. The monoisotopic (exact) mass is 396 g/mol. The lowest BCUT2D eigenvalue weighted by atomic mass is 9.79. The minimum Gasteiger partial charge on any atom is -0.497 e. The number of rotatable bonds is 6. The van der Waals surface area contributed by atoms with Gasteiger partial charge in [0.1, 0.15) is 11.5 Å². The number of piperidine rings is 1. The van der Waals surface area contributed by atoms with Crippen molar-refractivity contribution in [3.8, 4) is 11.5 Å². The van der Waals surface area contributed by atoms with Crippen LogP contribution < -0.4 is 14.8 Å². The summed E-state index contributed by atoms with van der Waals surface area (Å²) >= 11 is 0. The molecule has 1 N–H and O–H groups in total. The molecule has 154 valence electrons. The van der Waals surface area contributed by atoms with Crippen molar-refractivity contribution in [1.29, 1.82) is 0 Å². The lowest BCUT2D eigenvalue weighted by Gasteiger charge is -2.38. The van der Waals surface area contributed by atoms with Crippen LogP contribution in [0.25, 0.3) is 0 Å². The van der Waals surface area contributed by atoms with E-state index in [-0.39, 0.29) is 11.8 Å². The molecule has 1 heterocycles. The van der Waals surface area contributed by atoms with Crippen LogP contribution in [0.5, 0.6) is 11.5 Å². The normalized spacial score (nSPS) is 15.5. The maximum Gasteiger partial charge on any atom is 0.253 e. The predicted octanol–water partition coefficient (Wildman–Crippen LogP) is 3.26. The van der Waals surface area contributed by atoms with Gasteiger partial charge in [0.05, 0.1) is 14.2 Å². The summed E-state index contributed by atoms with van der Waals surface area (Å²) in [5.41, 5.74) is 1.19. The molecule has 0 unspecified atom stereocenters. The van der Waals surface area contributed by atoms with Crippen molar-refractivity contribution in [2.75, 3.05) is 27.3 Å². The Kier molecular flexibility index (Phi) is 6.42. The Morgan fingerprint density at radius 3 is 1.97 bits per heavy atom. The lowest BCUT2D eigenvalue weighted by molar-refractivity contribution is -0.132. The van der Waals surface area contributed by atoms with Crippen molar-refractivity contribution in [3.05, 3.63) is 59.7 Å². The van der Waals surface area contributed by atoms with E-state index in [2.05, 4.69) is 5.32 Å². The Bertz CT molecular complexity index is 838. The summed E-state index contributed by atoms with van der Waals surface area (Å²) in [6, 6.07) is 14.8. The number of hydrogen-bond acceptors (Lipinski definition) is 4. The SMILES string of the molecule is COc1ccc(CNC(=O)C2(C)CCN(C(=O)c3ccc(OC)cc3)CC2)cc1. The molecule has 0 bridgehead atoms. The molecule has 1 saturated heterocycles. The molecule has 0 radical (unpaired) electrons. The molecule has 6 nitrogen and oxygen atoms in total. The molecule has 6 heteroatoms. The average Bonchev–Trinajstić information content (AvgIpc) is 2.78. The average molecular weight is 396 g/mol. The fourth-order valence-electron chi connectivity index (χ4n) is 3.49. The van der Waals surface area contributed by atoms with E-state index in [0.29, 0.717) is 38.0 Å². The zero-order chi connectivity index (χ0) is 20.9. The smallest absolute Gasteiger partial charge is 0.253 e. The van der Waals surface area contributed by atoms with Gasteiger partial charge in [0, 0.05) is 30.6 Å². The summed E-state index contributed by atoms with van der Waals surface area (Å²) in [4.78, 5) is 27.3. The molecule has 0 atom stereocenters. The Labute approximate surface area is 171 Å². The zero-order valence-electron chi connectivity index (χ0n) is 17.2. The van der Waals surface area contributed by atoms with Gasteiger partial charge in [-0.25, -0.2) is 0 Å². The molecular formula is C23H28N2O4. The third kappa shape index (κ3) is 4.88. The number of benzene rings is 2. The highest BCUT2D eigenvalue weighted by Crippen LogP contribution is 2.32. The maximum absolute atomic E-state index is 12.8. The van der Waals surface area contributed by atoms with Gasteiger partial charge in [-0.05, 0) is 54.8 Å². The molecule has 2 amide bonds. The van der Waals surface area contributed by atoms with Gasteiger partial charge in [-0.3, -0.25) is 9.59 Å². The Morgan fingerprint density at radius 1 is 0.931 bits per heavy atom. The minimum atomic E-state index is -0.469. The molecule has 1 aliphatic rings. The summed E-state index contributed by atoms with van der Waals surface area (Å²) < 4.78 is 10.3. The molecular weight excluding hydrogens is 368 g/mol. The molecule has 0 aromatic heterocycles. The second kappa shape index (κ2) is 8.99. The maximum atomic E-state index is 12.8. The predicted molar refractivity (Wildman–Crippen MR) is 111 cm³/mol. The van der Waals surface area contributed by atoms with Gasteiger partial charge in [-0.1, -0.05) is 19.1 Å². The van der Waals surface area contributed by atoms with Crippen molar-refractivity contribution in [3.63, 3.8) is 0 Å². The Hall–Kier alpha value is -3.02. The number of likely N-dealkylation sites (tertiary alicyclic amines) is 1. The number of carbonyl (C=O) groups is 2. The van der Waals surface area contributed by atoms with Gasteiger partial charge in [0.2, 0.25) is 5.91 Å². The quantitative estimate of drug-likeness (QED) is 0.814. The van der Waals surface area contributed by atoms with Crippen molar-refractivity contribution >= 4 is 11.8 Å². The third-order valence-electron chi connectivity index (χ3n) is 5.65. The standard InChI is InChI=1S/C23H28N2O4/c1-23(22(27)24-16-17-4-8-19(28-2)9-5-17)12-14-25(15-13-23)21(26)18-6-10-20(29-3)11-7-18/h4-11H,12-16H2,1-3H3,(H,24,27). The van der Waals surface area contributed by atoms with E-state index in [0.717, 1.165) is 17.1 Å². The molecule has 3 rings (SSSR count). The number of hydrogen-bond donors (Lipinski definition) is 1. The molecule has 0 spiro atoms. The van der Waals surface area contributed by atoms with Crippen LogP contribution in [-0.4, -0.2) is 44.0 Å². The molecule has 1 aliphatic heterocycles. The van der Waals surface area contributed by atoms with Crippen LogP contribution in [-0.2, 0) is 11.3 Å².